The molecule has 0 N–H and O–H groups in total. The standard InChI is InChI=1S/C48H33NS/c1-3-12-34(13-4-1)36-24-28-41(29-25-36)49(42-30-26-37(27-31-42)39-17-9-16-38(32-39)35-14-5-2-6-15-35)43-19-10-18-40(33-43)44-21-11-22-46-45-20-7-8-23-47(45)50-48(44)46/h1-33H. The third-order valence-corrected chi connectivity index (χ3v) is 10.7. The van der Waals surface area contributed by atoms with Gasteiger partial charge < -0.3 is 4.90 Å². The maximum Gasteiger partial charge on any atom is 0.0467 e. The number of anilines is 3. The van der Waals surface area contributed by atoms with E-state index in [1.165, 1.54) is 64.7 Å². The van der Waals surface area contributed by atoms with Crippen LogP contribution in [0.2, 0.25) is 0 Å². The van der Waals surface area contributed by atoms with Crippen molar-refractivity contribution in [1.82, 2.24) is 0 Å². The Balaban J connectivity index is 1.13. The average Bonchev–Trinajstić information content (AvgIpc) is 3.59. The molecule has 0 saturated carbocycles. The minimum absolute atomic E-state index is 1.11. The number of hydrogen-bond donors (Lipinski definition) is 0. The van der Waals surface area contributed by atoms with E-state index in [0.29, 0.717) is 0 Å². The number of thiophene rings is 1. The predicted molar refractivity (Wildman–Crippen MR) is 216 cm³/mol. The molecule has 9 rings (SSSR count). The minimum Gasteiger partial charge on any atom is -0.310 e. The number of benzene rings is 8. The number of hydrogen-bond acceptors (Lipinski definition) is 2. The topological polar surface area (TPSA) is 3.24 Å². The van der Waals surface area contributed by atoms with E-state index < -0.39 is 0 Å². The highest BCUT2D eigenvalue weighted by Gasteiger charge is 2.16. The minimum atomic E-state index is 1.11. The largest absolute Gasteiger partial charge is 0.310 e. The third-order valence-electron chi connectivity index (χ3n) is 9.48. The lowest BCUT2D eigenvalue weighted by molar-refractivity contribution is 1.28. The van der Waals surface area contributed by atoms with E-state index in [9.17, 15) is 0 Å². The summed E-state index contributed by atoms with van der Waals surface area (Å²) in [4.78, 5) is 2.37. The molecule has 1 nitrogen and oxygen atoms in total. The molecule has 0 radical (unpaired) electrons. The van der Waals surface area contributed by atoms with Gasteiger partial charge >= 0.3 is 0 Å². The Labute approximate surface area is 297 Å². The number of nitrogens with zero attached hydrogens (tertiary/aromatic N) is 1. The number of fused-ring (bicyclic) bond motifs is 3. The van der Waals surface area contributed by atoms with Crippen LogP contribution in [0.15, 0.2) is 200 Å². The van der Waals surface area contributed by atoms with Crippen LogP contribution in [0.3, 0.4) is 0 Å². The van der Waals surface area contributed by atoms with Gasteiger partial charge in [0.25, 0.3) is 0 Å². The van der Waals surface area contributed by atoms with Crippen LogP contribution in [0.5, 0.6) is 0 Å². The molecule has 0 aliphatic heterocycles. The van der Waals surface area contributed by atoms with Gasteiger partial charge in [0.05, 0.1) is 0 Å². The lowest BCUT2D eigenvalue weighted by Crippen LogP contribution is -2.10. The highest BCUT2D eigenvalue weighted by Crippen LogP contribution is 2.42. The molecule has 236 valence electrons. The molecular formula is C48H33NS. The molecule has 0 amide bonds. The zero-order valence-electron chi connectivity index (χ0n) is 27.4. The van der Waals surface area contributed by atoms with Gasteiger partial charge in [0.1, 0.15) is 0 Å². The fraction of sp³-hybridized carbons (Fsp3) is 0. The summed E-state index contributed by atoms with van der Waals surface area (Å²) < 4.78 is 2.65. The molecule has 0 atom stereocenters. The van der Waals surface area contributed by atoms with Crippen LogP contribution in [-0.4, -0.2) is 0 Å². The molecule has 0 spiro atoms. The first kappa shape index (κ1) is 29.9. The highest BCUT2D eigenvalue weighted by molar-refractivity contribution is 7.26. The van der Waals surface area contributed by atoms with Crippen LogP contribution in [-0.2, 0) is 0 Å². The van der Waals surface area contributed by atoms with Crippen LogP contribution in [0.25, 0.3) is 64.7 Å². The molecule has 50 heavy (non-hydrogen) atoms. The molecule has 1 aromatic heterocycles. The van der Waals surface area contributed by atoms with Crippen molar-refractivity contribution in [3.8, 4) is 44.5 Å². The second-order valence-corrected chi connectivity index (χ2v) is 13.6. The monoisotopic (exact) mass is 655 g/mol. The summed E-state index contributed by atoms with van der Waals surface area (Å²) in [6.07, 6.45) is 0. The normalized spacial score (nSPS) is 11.2. The van der Waals surface area contributed by atoms with E-state index in [2.05, 4.69) is 205 Å². The highest BCUT2D eigenvalue weighted by atomic mass is 32.1. The Morgan fingerprint density at radius 2 is 0.780 bits per heavy atom. The van der Waals surface area contributed by atoms with E-state index in [1.807, 2.05) is 11.3 Å². The number of rotatable bonds is 7. The predicted octanol–water partition coefficient (Wildman–Crippen LogP) is 14.2. The second kappa shape index (κ2) is 13.0. The summed E-state index contributed by atoms with van der Waals surface area (Å²) in [5, 5.41) is 2.63. The summed E-state index contributed by atoms with van der Waals surface area (Å²) >= 11 is 1.88. The Morgan fingerprint density at radius 3 is 1.46 bits per heavy atom. The molecule has 0 aliphatic carbocycles. The average molecular weight is 656 g/mol. The van der Waals surface area contributed by atoms with Gasteiger partial charge in [-0.2, -0.15) is 0 Å². The van der Waals surface area contributed by atoms with Crippen molar-refractivity contribution in [2.24, 2.45) is 0 Å². The van der Waals surface area contributed by atoms with Crippen molar-refractivity contribution in [1.29, 1.82) is 0 Å². The molecule has 9 aromatic rings. The van der Waals surface area contributed by atoms with Gasteiger partial charge in [0.2, 0.25) is 0 Å². The molecule has 0 bridgehead atoms. The third kappa shape index (κ3) is 5.66. The van der Waals surface area contributed by atoms with Crippen LogP contribution >= 0.6 is 11.3 Å². The van der Waals surface area contributed by atoms with Crippen molar-refractivity contribution in [3.63, 3.8) is 0 Å². The lowest BCUT2D eigenvalue weighted by Gasteiger charge is -2.26. The van der Waals surface area contributed by atoms with Gasteiger partial charge in [-0.05, 0) is 93.0 Å². The first-order chi connectivity index (χ1) is 24.8. The van der Waals surface area contributed by atoms with Gasteiger partial charge in [-0.25, -0.2) is 0 Å². The Hall–Kier alpha value is -6.22. The Morgan fingerprint density at radius 1 is 0.300 bits per heavy atom. The maximum atomic E-state index is 2.37. The molecule has 0 fully saturated rings. The summed E-state index contributed by atoms with van der Waals surface area (Å²) in [5.41, 5.74) is 13.1. The first-order valence-electron chi connectivity index (χ1n) is 17.0. The molecule has 8 aromatic carbocycles. The van der Waals surface area contributed by atoms with Crippen molar-refractivity contribution in [2.75, 3.05) is 4.90 Å². The Bertz CT molecular complexity index is 2570. The van der Waals surface area contributed by atoms with Crippen LogP contribution < -0.4 is 4.90 Å². The van der Waals surface area contributed by atoms with Crippen molar-refractivity contribution in [2.45, 2.75) is 0 Å². The fourth-order valence-electron chi connectivity index (χ4n) is 6.98. The van der Waals surface area contributed by atoms with Crippen molar-refractivity contribution in [3.05, 3.63) is 200 Å². The lowest BCUT2D eigenvalue weighted by atomic mass is 9.98. The van der Waals surface area contributed by atoms with Crippen LogP contribution in [0, 0.1) is 0 Å². The molecule has 0 unspecified atom stereocenters. The first-order valence-corrected chi connectivity index (χ1v) is 17.8. The van der Waals surface area contributed by atoms with Gasteiger partial charge in [0.15, 0.2) is 0 Å². The van der Waals surface area contributed by atoms with E-state index >= 15 is 0 Å². The summed E-state index contributed by atoms with van der Waals surface area (Å²) in [6.45, 7) is 0. The van der Waals surface area contributed by atoms with Crippen LogP contribution in [0.1, 0.15) is 0 Å². The van der Waals surface area contributed by atoms with Gasteiger partial charge in [-0.1, -0.05) is 152 Å². The molecule has 2 heteroatoms. The molecule has 0 saturated heterocycles. The maximum absolute atomic E-state index is 2.37. The van der Waals surface area contributed by atoms with Crippen molar-refractivity contribution < 1.29 is 0 Å². The van der Waals surface area contributed by atoms with E-state index in [-0.39, 0.29) is 0 Å². The summed E-state index contributed by atoms with van der Waals surface area (Å²) in [7, 11) is 0. The summed E-state index contributed by atoms with van der Waals surface area (Å²) in [5.74, 6) is 0. The SMILES string of the molecule is c1ccc(-c2ccc(N(c3ccc(-c4cccc(-c5ccccc5)c4)cc3)c3cccc(-c4cccc5c4sc4ccccc45)c3)cc2)cc1. The van der Waals surface area contributed by atoms with Gasteiger partial charge in [-0.15, -0.1) is 11.3 Å². The zero-order valence-corrected chi connectivity index (χ0v) is 28.2. The van der Waals surface area contributed by atoms with Crippen LogP contribution in [0.4, 0.5) is 17.1 Å². The Kier molecular flexibility index (Phi) is 7.77. The van der Waals surface area contributed by atoms with E-state index in [1.54, 1.807) is 0 Å². The van der Waals surface area contributed by atoms with Gasteiger partial charge in [0, 0.05) is 37.2 Å². The van der Waals surface area contributed by atoms with E-state index in [0.717, 1.165) is 17.1 Å². The quantitative estimate of drug-likeness (QED) is 0.165. The smallest absolute Gasteiger partial charge is 0.0467 e. The van der Waals surface area contributed by atoms with Crippen molar-refractivity contribution >= 4 is 48.6 Å². The second-order valence-electron chi connectivity index (χ2n) is 12.6. The molecule has 0 aliphatic rings. The van der Waals surface area contributed by atoms with E-state index in [4.69, 9.17) is 0 Å². The van der Waals surface area contributed by atoms with Gasteiger partial charge in [-0.3, -0.25) is 0 Å². The fourth-order valence-corrected chi connectivity index (χ4v) is 8.22. The summed E-state index contributed by atoms with van der Waals surface area (Å²) in [6, 6.07) is 72.2. The molecule has 1 heterocycles. The zero-order chi connectivity index (χ0) is 33.3. The molecular weight excluding hydrogens is 623 g/mol.